The van der Waals surface area contributed by atoms with Gasteiger partial charge in [-0.3, -0.25) is 0 Å². The highest BCUT2D eigenvalue weighted by atomic mass is 16.6. The molecule has 1 aliphatic carbocycles. The molecule has 1 aliphatic rings. The van der Waals surface area contributed by atoms with Gasteiger partial charge in [-0.05, 0) is 25.7 Å². The first-order valence-electron chi connectivity index (χ1n) is 6.71. The van der Waals surface area contributed by atoms with E-state index in [1.807, 2.05) is 0 Å². The molecule has 0 spiro atoms. The minimum atomic E-state index is -1.25. The topological polar surface area (TPSA) is 72.8 Å². The van der Waals surface area contributed by atoms with E-state index in [2.05, 4.69) is 6.58 Å². The van der Waals surface area contributed by atoms with Crippen LogP contribution in [0.4, 0.5) is 0 Å². The smallest absolute Gasteiger partial charge is 0.340 e. The molecule has 0 aliphatic heterocycles. The molecule has 108 valence electrons. The molecule has 0 aromatic heterocycles. The number of carbonyl (C=O) groups is 2. The fraction of sp³-hybridized carbons (Fsp3) is 0.714. The van der Waals surface area contributed by atoms with Crippen LogP contribution in [-0.2, 0) is 19.1 Å². The average molecular weight is 270 g/mol. The molecule has 5 heteroatoms. The third kappa shape index (κ3) is 5.03. The van der Waals surface area contributed by atoms with Crippen LogP contribution in [0.15, 0.2) is 12.2 Å². The zero-order chi connectivity index (χ0) is 14.3. The lowest BCUT2D eigenvalue weighted by Crippen LogP contribution is -2.33. The summed E-state index contributed by atoms with van der Waals surface area (Å²) in [7, 11) is 1.28. The maximum atomic E-state index is 11.9. The highest BCUT2D eigenvalue weighted by molar-refractivity contribution is 5.95. The van der Waals surface area contributed by atoms with Gasteiger partial charge < -0.3 is 14.6 Å². The van der Waals surface area contributed by atoms with Gasteiger partial charge in [0.1, 0.15) is 6.10 Å². The number of hydrogen-bond acceptors (Lipinski definition) is 4. The van der Waals surface area contributed by atoms with Gasteiger partial charge in [-0.1, -0.05) is 25.8 Å². The van der Waals surface area contributed by atoms with Crippen molar-refractivity contribution >= 4 is 11.9 Å². The number of methoxy groups -OCH3 is 1. The zero-order valence-corrected chi connectivity index (χ0v) is 11.4. The SMILES string of the molecule is C=C(C(=O)O)C(OC)C(=O)OC1CCCCCCC1. The van der Waals surface area contributed by atoms with Gasteiger partial charge in [-0.25, -0.2) is 9.59 Å². The summed E-state index contributed by atoms with van der Waals surface area (Å²) in [5.74, 6) is -1.90. The van der Waals surface area contributed by atoms with Gasteiger partial charge in [-0.15, -0.1) is 0 Å². The third-order valence-electron chi connectivity index (χ3n) is 3.38. The fourth-order valence-corrected chi connectivity index (χ4v) is 2.26. The van der Waals surface area contributed by atoms with E-state index in [4.69, 9.17) is 14.6 Å². The van der Waals surface area contributed by atoms with Crippen molar-refractivity contribution < 1.29 is 24.2 Å². The summed E-state index contributed by atoms with van der Waals surface area (Å²) in [6, 6.07) is 0. The normalized spacial score (nSPS) is 19.0. The summed E-state index contributed by atoms with van der Waals surface area (Å²) < 4.78 is 10.2. The van der Waals surface area contributed by atoms with Crippen LogP contribution in [0, 0.1) is 0 Å². The van der Waals surface area contributed by atoms with Crippen LogP contribution in [0.1, 0.15) is 44.9 Å². The van der Waals surface area contributed by atoms with Crippen molar-refractivity contribution in [3.8, 4) is 0 Å². The first-order chi connectivity index (χ1) is 9.06. The lowest BCUT2D eigenvalue weighted by Gasteiger charge is -2.22. The summed E-state index contributed by atoms with van der Waals surface area (Å²) in [4.78, 5) is 22.7. The van der Waals surface area contributed by atoms with E-state index in [1.54, 1.807) is 0 Å². The minimum absolute atomic E-state index is 0.132. The maximum Gasteiger partial charge on any atom is 0.340 e. The van der Waals surface area contributed by atoms with E-state index in [-0.39, 0.29) is 11.7 Å². The monoisotopic (exact) mass is 270 g/mol. The second kappa shape index (κ2) is 7.94. The van der Waals surface area contributed by atoms with E-state index in [0.29, 0.717) is 0 Å². The zero-order valence-electron chi connectivity index (χ0n) is 11.4. The van der Waals surface area contributed by atoms with Gasteiger partial charge in [-0.2, -0.15) is 0 Å². The number of carbonyl (C=O) groups excluding carboxylic acids is 1. The van der Waals surface area contributed by atoms with Crippen molar-refractivity contribution in [2.24, 2.45) is 0 Å². The minimum Gasteiger partial charge on any atom is -0.478 e. The standard InChI is InChI=1S/C14H22O5/c1-10(13(15)16)12(18-2)14(17)19-11-8-6-4-3-5-7-9-11/h11-12H,1,3-9H2,2H3,(H,15,16). The van der Waals surface area contributed by atoms with E-state index in [1.165, 1.54) is 13.5 Å². The van der Waals surface area contributed by atoms with Crippen LogP contribution in [0.5, 0.6) is 0 Å². The van der Waals surface area contributed by atoms with Crippen molar-refractivity contribution in [3.05, 3.63) is 12.2 Å². The molecule has 0 radical (unpaired) electrons. The highest BCUT2D eigenvalue weighted by Gasteiger charge is 2.29. The second-order valence-electron chi connectivity index (χ2n) is 4.85. The lowest BCUT2D eigenvalue weighted by atomic mass is 9.98. The van der Waals surface area contributed by atoms with E-state index in [0.717, 1.165) is 38.5 Å². The molecule has 1 rings (SSSR count). The van der Waals surface area contributed by atoms with Gasteiger partial charge >= 0.3 is 11.9 Å². The van der Waals surface area contributed by atoms with Crippen LogP contribution in [0.25, 0.3) is 0 Å². The van der Waals surface area contributed by atoms with Crippen molar-refractivity contribution in [2.45, 2.75) is 57.2 Å². The summed E-state index contributed by atoms with van der Waals surface area (Å²) in [6.45, 7) is 3.35. The Morgan fingerprint density at radius 3 is 2.16 bits per heavy atom. The molecule has 0 aromatic carbocycles. The quantitative estimate of drug-likeness (QED) is 0.613. The molecule has 0 saturated heterocycles. The largest absolute Gasteiger partial charge is 0.478 e. The Bertz CT molecular complexity index is 329. The number of ether oxygens (including phenoxy) is 2. The fourth-order valence-electron chi connectivity index (χ4n) is 2.26. The van der Waals surface area contributed by atoms with E-state index in [9.17, 15) is 9.59 Å². The van der Waals surface area contributed by atoms with Gasteiger partial charge in [0, 0.05) is 7.11 Å². The highest BCUT2D eigenvalue weighted by Crippen LogP contribution is 2.20. The lowest BCUT2D eigenvalue weighted by molar-refractivity contribution is -0.161. The molecule has 0 heterocycles. The molecule has 19 heavy (non-hydrogen) atoms. The predicted molar refractivity (Wildman–Crippen MR) is 69.8 cm³/mol. The molecule has 1 saturated carbocycles. The molecule has 1 N–H and O–H groups in total. The summed E-state index contributed by atoms with van der Waals surface area (Å²) in [6.07, 6.45) is 5.94. The first-order valence-corrected chi connectivity index (χ1v) is 6.71. The number of hydrogen-bond donors (Lipinski definition) is 1. The molecular formula is C14H22O5. The Balaban J connectivity index is 2.55. The van der Waals surface area contributed by atoms with Gasteiger partial charge in [0.15, 0.2) is 6.10 Å². The second-order valence-corrected chi connectivity index (χ2v) is 4.85. The summed E-state index contributed by atoms with van der Waals surface area (Å²) in [5.41, 5.74) is -0.293. The number of rotatable bonds is 5. The van der Waals surface area contributed by atoms with Crippen molar-refractivity contribution in [3.63, 3.8) is 0 Å². The first kappa shape index (κ1) is 15.7. The van der Waals surface area contributed by atoms with Gasteiger partial charge in [0.05, 0.1) is 5.57 Å². The molecule has 1 unspecified atom stereocenters. The van der Waals surface area contributed by atoms with Gasteiger partial charge in [0.2, 0.25) is 0 Å². The Labute approximate surface area is 113 Å². The number of carboxylic acid groups (broad SMARTS) is 1. The molecule has 0 bridgehead atoms. The molecule has 1 atom stereocenters. The number of carboxylic acids is 1. The molecular weight excluding hydrogens is 248 g/mol. The van der Waals surface area contributed by atoms with Crippen LogP contribution >= 0.6 is 0 Å². The Morgan fingerprint density at radius 1 is 1.16 bits per heavy atom. The number of esters is 1. The third-order valence-corrected chi connectivity index (χ3v) is 3.38. The van der Waals surface area contributed by atoms with Crippen molar-refractivity contribution in [2.75, 3.05) is 7.11 Å². The Hall–Kier alpha value is -1.36. The molecule has 1 fully saturated rings. The van der Waals surface area contributed by atoms with Gasteiger partial charge in [0.25, 0.3) is 0 Å². The Kier molecular flexibility index (Phi) is 6.56. The van der Waals surface area contributed by atoms with Crippen LogP contribution in [-0.4, -0.2) is 36.4 Å². The average Bonchev–Trinajstić information content (AvgIpc) is 2.33. The molecule has 5 nitrogen and oxygen atoms in total. The van der Waals surface area contributed by atoms with Crippen LogP contribution in [0.2, 0.25) is 0 Å². The maximum absolute atomic E-state index is 11.9. The number of aliphatic carboxylic acids is 1. The summed E-state index contributed by atoms with van der Waals surface area (Å²) in [5, 5.41) is 8.83. The van der Waals surface area contributed by atoms with Crippen LogP contribution < -0.4 is 0 Å². The van der Waals surface area contributed by atoms with E-state index < -0.39 is 18.0 Å². The molecule has 0 amide bonds. The Morgan fingerprint density at radius 2 is 1.68 bits per heavy atom. The molecule has 0 aromatic rings. The summed E-state index contributed by atoms with van der Waals surface area (Å²) >= 11 is 0. The van der Waals surface area contributed by atoms with Crippen LogP contribution in [0.3, 0.4) is 0 Å². The van der Waals surface area contributed by atoms with Crippen molar-refractivity contribution in [1.29, 1.82) is 0 Å². The predicted octanol–water partition coefficient (Wildman–Crippen LogP) is 2.30. The van der Waals surface area contributed by atoms with E-state index >= 15 is 0 Å². The van der Waals surface area contributed by atoms with Crippen molar-refractivity contribution in [1.82, 2.24) is 0 Å².